The summed E-state index contributed by atoms with van der Waals surface area (Å²) in [4.78, 5) is 2.69. The van der Waals surface area contributed by atoms with Gasteiger partial charge in [0.15, 0.2) is 0 Å². The molecule has 0 bridgehead atoms. The number of piperazine rings is 1. The Morgan fingerprint density at radius 1 is 1.00 bits per heavy atom. The zero-order valence-corrected chi connectivity index (χ0v) is 17.4. The molecule has 1 N–H and O–H groups in total. The van der Waals surface area contributed by atoms with Gasteiger partial charge >= 0.3 is 0 Å². The van der Waals surface area contributed by atoms with E-state index in [9.17, 15) is 0 Å². The van der Waals surface area contributed by atoms with Gasteiger partial charge in [0.25, 0.3) is 0 Å². The number of ether oxygens (including phenoxy) is 1. The fraction of sp³-hybridized carbons (Fsp3) is 0.700. The Balaban J connectivity index is 0.00000156. The van der Waals surface area contributed by atoms with Crippen LogP contribution in [0.25, 0.3) is 0 Å². The first-order valence-electron chi connectivity index (χ1n) is 9.18. The molecular weight excluding hydrogens is 355 g/mol. The van der Waals surface area contributed by atoms with E-state index in [2.05, 4.69) is 55.3 Å². The summed E-state index contributed by atoms with van der Waals surface area (Å²) in [6.45, 7) is 13.2. The lowest BCUT2D eigenvalue weighted by molar-refractivity contribution is 0.0213. The maximum absolute atomic E-state index is 5.61. The third kappa shape index (κ3) is 5.83. The first-order valence-corrected chi connectivity index (χ1v) is 9.18. The molecule has 0 saturated carbocycles. The van der Waals surface area contributed by atoms with E-state index < -0.39 is 0 Å². The molecule has 0 spiro atoms. The van der Waals surface area contributed by atoms with Crippen molar-refractivity contribution >= 4 is 24.8 Å². The van der Waals surface area contributed by atoms with E-state index in [1.807, 2.05) is 0 Å². The fourth-order valence-electron chi connectivity index (χ4n) is 3.95. The topological polar surface area (TPSA) is 24.5 Å². The van der Waals surface area contributed by atoms with Crippen molar-refractivity contribution < 1.29 is 4.74 Å². The highest BCUT2D eigenvalue weighted by molar-refractivity contribution is 5.85. The Labute approximate surface area is 165 Å². The van der Waals surface area contributed by atoms with Crippen LogP contribution in [0.4, 0.5) is 0 Å². The van der Waals surface area contributed by atoms with Gasteiger partial charge in [-0.1, -0.05) is 45.0 Å². The second kappa shape index (κ2) is 10.1. The van der Waals surface area contributed by atoms with Crippen molar-refractivity contribution in [3.8, 4) is 0 Å². The zero-order valence-electron chi connectivity index (χ0n) is 15.8. The number of nitrogens with zero attached hydrogens (tertiary/aromatic N) is 1. The Bertz CT molecular complexity index is 471. The van der Waals surface area contributed by atoms with Crippen LogP contribution in [0.3, 0.4) is 0 Å². The number of hydrogen-bond donors (Lipinski definition) is 1. The quantitative estimate of drug-likeness (QED) is 0.839. The minimum Gasteiger partial charge on any atom is -0.381 e. The predicted molar refractivity (Wildman–Crippen MR) is 110 cm³/mol. The summed E-state index contributed by atoms with van der Waals surface area (Å²) in [6.07, 6.45) is 2.38. The van der Waals surface area contributed by atoms with Crippen LogP contribution < -0.4 is 5.32 Å². The molecule has 0 aliphatic carbocycles. The van der Waals surface area contributed by atoms with Crippen molar-refractivity contribution in [2.45, 2.75) is 45.1 Å². The van der Waals surface area contributed by atoms with Gasteiger partial charge < -0.3 is 10.1 Å². The van der Waals surface area contributed by atoms with Crippen molar-refractivity contribution in [2.75, 3.05) is 39.4 Å². The van der Waals surface area contributed by atoms with Gasteiger partial charge in [-0.15, -0.1) is 24.8 Å². The fourth-order valence-corrected chi connectivity index (χ4v) is 3.95. The minimum atomic E-state index is 0. The SMILES string of the molecule is CC(C)(C)c1ccc([C@@H](C2CCOCC2)N2CCNCC2)cc1.Cl.Cl. The van der Waals surface area contributed by atoms with Gasteiger partial charge in [-0.3, -0.25) is 4.90 Å². The van der Waals surface area contributed by atoms with E-state index in [4.69, 9.17) is 4.74 Å². The number of nitrogens with one attached hydrogen (secondary N) is 1. The van der Waals surface area contributed by atoms with Crippen LogP contribution in [0, 0.1) is 5.92 Å². The number of rotatable bonds is 3. The Hall–Kier alpha value is -0.320. The molecule has 5 heteroatoms. The van der Waals surface area contributed by atoms with Crippen LogP contribution in [-0.4, -0.2) is 44.3 Å². The van der Waals surface area contributed by atoms with Gasteiger partial charge in [-0.05, 0) is 35.3 Å². The number of benzene rings is 1. The van der Waals surface area contributed by atoms with E-state index >= 15 is 0 Å². The van der Waals surface area contributed by atoms with Crippen LogP contribution >= 0.6 is 24.8 Å². The maximum Gasteiger partial charge on any atom is 0.0469 e. The Kier molecular flexibility index (Phi) is 9.20. The summed E-state index contributed by atoms with van der Waals surface area (Å²) in [5, 5.41) is 3.49. The molecule has 1 aromatic rings. The van der Waals surface area contributed by atoms with Gasteiger partial charge in [-0.25, -0.2) is 0 Å². The molecule has 2 heterocycles. The van der Waals surface area contributed by atoms with Crippen molar-refractivity contribution in [3.63, 3.8) is 0 Å². The molecule has 1 aromatic carbocycles. The van der Waals surface area contributed by atoms with Crippen molar-refractivity contribution in [1.29, 1.82) is 0 Å². The maximum atomic E-state index is 5.61. The molecule has 1 atom stereocenters. The Morgan fingerprint density at radius 3 is 2.08 bits per heavy atom. The van der Waals surface area contributed by atoms with E-state index in [0.717, 1.165) is 45.3 Å². The first kappa shape index (κ1) is 22.7. The third-order valence-electron chi connectivity index (χ3n) is 5.38. The highest BCUT2D eigenvalue weighted by Gasteiger charge is 2.31. The van der Waals surface area contributed by atoms with Gasteiger partial charge in [-0.2, -0.15) is 0 Å². The van der Waals surface area contributed by atoms with Crippen LogP contribution in [0.5, 0.6) is 0 Å². The van der Waals surface area contributed by atoms with E-state index in [1.165, 1.54) is 24.0 Å². The van der Waals surface area contributed by atoms with Gasteiger partial charge in [0.1, 0.15) is 0 Å². The lowest BCUT2D eigenvalue weighted by Crippen LogP contribution is -2.47. The average molecular weight is 389 g/mol. The summed E-state index contributed by atoms with van der Waals surface area (Å²) < 4.78 is 5.61. The van der Waals surface area contributed by atoms with Crippen LogP contribution in [0.2, 0.25) is 0 Å². The summed E-state index contributed by atoms with van der Waals surface area (Å²) in [5.74, 6) is 0.724. The summed E-state index contributed by atoms with van der Waals surface area (Å²) in [7, 11) is 0. The van der Waals surface area contributed by atoms with Gasteiger partial charge in [0.2, 0.25) is 0 Å². The molecule has 25 heavy (non-hydrogen) atoms. The molecule has 2 saturated heterocycles. The van der Waals surface area contributed by atoms with E-state index in [0.29, 0.717) is 6.04 Å². The highest BCUT2D eigenvalue weighted by atomic mass is 35.5. The second-order valence-corrected chi connectivity index (χ2v) is 8.05. The molecule has 3 nitrogen and oxygen atoms in total. The van der Waals surface area contributed by atoms with Crippen LogP contribution in [-0.2, 0) is 10.2 Å². The zero-order chi connectivity index (χ0) is 16.3. The molecule has 2 fully saturated rings. The van der Waals surface area contributed by atoms with Crippen LogP contribution in [0.15, 0.2) is 24.3 Å². The van der Waals surface area contributed by atoms with Crippen molar-refractivity contribution in [1.82, 2.24) is 10.2 Å². The molecule has 3 rings (SSSR count). The van der Waals surface area contributed by atoms with Crippen LogP contribution in [0.1, 0.15) is 50.8 Å². The highest BCUT2D eigenvalue weighted by Crippen LogP contribution is 2.36. The van der Waals surface area contributed by atoms with Crippen molar-refractivity contribution in [2.24, 2.45) is 5.92 Å². The lowest BCUT2D eigenvalue weighted by Gasteiger charge is -2.41. The molecule has 2 aliphatic heterocycles. The normalized spacial score (nSPS) is 21.1. The molecule has 0 unspecified atom stereocenters. The standard InChI is InChI=1S/C20H32N2O.2ClH/c1-20(2,3)18-6-4-16(5-7-18)19(17-8-14-23-15-9-17)22-12-10-21-11-13-22;;/h4-7,17,19,21H,8-15H2,1-3H3;2*1H/t19-;;/m0../s1. The minimum absolute atomic E-state index is 0. The number of hydrogen-bond acceptors (Lipinski definition) is 3. The second-order valence-electron chi connectivity index (χ2n) is 8.05. The molecule has 144 valence electrons. The van der Waals surface area contributed by atoms with E-state index in [-0.39, 0.29) is 30.2 Å². The molecule has 0 aromatic heterocycles. The smallest absolute Gasteiger partial charge is 0.0469 e. The first-order chi connectivity index (χ1) is 11.1. The molecule has 0 radical (unpaired) electrons. The molecule has 0 amide bonds. The van der Waals surface area contributed by atoms with Crippen molar-refractivity contribution in [3.05, 3.63) is 35.4 Å². The van der Waals surface area contributed by atoms with Gasteiger partial charge in [0.05, 0.1) is 0 Å². The summed E-state index contributed by atoms with van der Waals surface area (Å²) >= 11 is 0. The van der Waals surface area contributed by atoms with Gasteiger partial charge in [0, 0.05) is 45.4 Å². The average Bonchev–Trinajstić information content (AvgIpc) is 2.57. The summed E-state index contributed by atoms with van der Waals surface area (Å²) in [5.41, 5.74) is 3.14. The molecule has 2 aliphatic rings. The van der Waals surface area contributed by atoms with E-state index in [1.54, 1.807) is 0 Å². The Morgan fingerprint density at radius 2 is 1.56 bits per heavy atom. The predicted octanol–water partition coefficient (Wildman–Crippen LogP) is 4.20. The largest absolute Gasteiger partial charge is 0.381 e. The lowest BCUT2D eigenvalue weighted by atomic mass is 9.82. The monoisotopic (exact) mass is 388 g/mol. The molecular formula is C20H34Cl2N2O. The third-order valence-corrected chi connectivity index (χ3v) is 5.38. The number of halogens is 2. The summed E-state index contributed by atoms with van der Waals surface area (Å²) in [6, 6.07) is 9.98.